The van der Waals surface area contributed by atoms with Crippen molar-refractivity contribution < 1.29 is 4.79 Å². The van der Waals surface area contributed by atoms with Gasteiger partial charge in [-0.1, -0.05) is 19.3 Å². The van der Waals surface area contributed by atoms with Gasteiger partial charge in [-0.2, -0.15) is 0 Å². The second-order valence-electron chi connectivity index (χ2n) is 7.91. The van der Waals surface area contributed by atoms with Crippen molar-refractivity contribution in [1.82, 2.24) is 9.88 Å². The molecule has 0 unspecified atom stereocenters. The van der Waals surface area contributed by atoms with Gasteiger partial charge in [-0.05, 0) is 75.5 Å². The van der Waals surface area contributed by atoms with Gasteiger partial charge < -0.3 is 15.2 Å². The van der Waals surface area contributed by atoms with Crippen molar-refractivity contribution in [2.75, 3.05) is 25.5 Å². The fourth-order valence-corrected chi connectivity index (χ4v) is 4.49. The van der Waals surface area contributed by atoms with Crippen molar-refractivity contribution in [3.63, 3.8) is 0 Å². The van der Waals surface area contributed by atoms with Gasteiger partial charge in [-0.25, -0.2) is 0 Å². The summed E-state index contributed by atoms with van der Waals surface area (Å²) >= 11 is 0. The minimum absolute atomic E-state index is 0.198. The Balaban J connectivity index is 1.52. The number of carbonyl (C=O) groups excluding carboxylic acids is 1. The first-order valence-electron chi connectivity index (χ1n) is 9.81. The molecule has 1 aliphatic heterocycles. The summed E-state index contributed by atoms with van der Waals surface area (Å²) in [6.07, 6.45) is 10.3. The molecule has 0 atom stereocenters. The van der Waals surface area contributed by atoms with Gasteiger partial charge in [-0.3, -0.25) is 4.79 Å². The number of rotatable bonds is 3. The van der Waals surface area contributed by atoms with Crippen molar-refractivity contribution in [3.8, 4) is 0 Å². The second-order valence-corrected chi connectivity index (χ2v) is 7.91. The molecule has 1 aliphatic carbocycles. The van der Waals surface area contributed by atoms with E-state index in [0.717, 1.165) is 31.6 Å². The maximum absolute atomic E-state index is 12.5. The monoisotopic (exact) mass is 339 g/mol. The normalized spacial score (nSPS) is 20.8. The van der Waals surface area contributed by atoms with Crippen LogP contribution < -0.4 is 5.32 Å². The molecule has 4 heteroatoms. The van der Waals surface area contributed by atoms with Crippen molar-refractivity contribution in [1.29, 1.82) is 0 Å². The number of benzene rings is 1. The van der Waals surface area contributed by atoms with Gasteiger partial charge in [0.05, 0.1) is 0 Å². The summed E-state index contributed by atoms with van der Waals surface area (Å²) < 4.78 is 0. The molecule has 0 bridgehead atoms. The van der Waals surface area contributed by atoms with Crippen LogP contribution in [0.25, 0.3) is 10.9 Å². The summed E-state index contributed by atoms with van der Waals surface area (Å²) in [6, 6.07) is 6.29. The van der Waals surface area contributed by atoms with Crippen LogP contribution in [0.3, 0.4) is 0 Å². The number of hydrogen-bond donors (Lipinski definition) is 2. The average Bonchev–Trinajstić information content (AvgIpc) is 3.06. The van der Waals surface area contributed by atoms with E-state index in [1.165, 1.54) is 48.6 Å². The van der Waals surface area contributed by atoms with Crippen LogP contribution in [-0.2, 0) is 4.79 Å². The highest BCUT2D eigenvalue weighted by Gasteiger charge is 2.23. The lowest BCUT2D eigenvalue weighted by Crippen LogP contribution is -2.29. The summed E-state index contributed by atoms with van der Waals surface area (Å²) in [5.74, 6) is 1.02. The maximum Gasteiger partial charge on any atom is 0.227 e. The Kier molecular flexibility index (Phi) is 4.80. The minimum atomic E-state index is 0.198. The molecule has 4 nitrogen and oxygen atoms in total. The lowest BCUT2D eigenvalue weighted by Gasteiger charge is -2.28. The Morgan fingerprint density at radius 3 is 2.64 bits per heavy atom. The molecule has 0 spiro atoms. The number of piperidine rings is 1. The molecule has 1 aromatic carbocycles. The predicted molar refractivity (Wildman–Crippen MR) is 103 cm³/mol. The molecule has 4 rings (SSSR count). The number of anilines is 1. The lowest BCUT2D eigenvalue weighted by molar-refractivity contribution is -0.120. The van der Waals surface area contributed by atoms with E-state index in [9.17, 15) is 4.79 Å². The van der Waals surface area contributed by atoms with E-state index in [-0.39, 0.29) is 11.8 Å². The Labute approximate surface area is 150 Å². The number of fused-ring (bicyclic) bond motifs is 1. The van der Waals surface area contributed by atoms with E-state index in [1.54, 1.807) is 0 Å². The Hall–Kier alpha value is -1.81. The van der Waals surface area contributed by atoms with Gasteiger partial charge in [0.2, 0.25) is 5.91 Å². The van der Waals surface area contributed by atoms with Gasteiger partial charge in [-0.15, -0.1) is 0 Å². The SMILES string of the molecule is CN1CCC(c2c[nH]c3ccc(NC(=O)C4CCCCC4)cc23)CC1. The molecule has 1 saturated carbocycles. The Bertz CT molecular complexity index is 737. The van der Waals surface area contributed by atoms with E-state index in [1.807, 2.05) is 6.07 Å². The van der Waals surface area contributed by atoms with E-state index < -0.39 is 0 Å². The van der Waals surface area contributed by atoms with Gasteiger partial charge in [0.25, 0.3) is 0 Å². The summed E-state index contributed by atoms with van der Waals surface area (Å²) in [5.41, 5.74) is 3.53. The third-order valence-electron chi connectivity index (χ3n) is 6.12. The number of aromatic nitrogens is 1. The number of likely N-dealkylation sites (tertiary alicyclic amines) is 1. The zero-order valence-electron chi connectivity index (χ0n) is 15.2. The molecule has 1 saturated heterocycles. The predicted octanol–water partition coefficient (Wildman–Crippen LogP) is 4.50. The third-order valence-corrected chi connectivity index (χ3v) is 6.12. The summed E-state index contributed by atoms with van der Waals surface area (Å²) in [5, 5.41) is 4.44. The van der Waals surface area contributed by atoms with E-state index >= 15 is 0 Å². The molecular formula is C21H29N3O. The number of amides is 1. The molecule has 1 amide bonds. The molecule has 0 radical (unpaired) electrons. The molecule has 2 aromatic rings. The van der Waals surface area contributed by atoms with Crippen LogP contribution >= 0.6 is 0 Å². The molecule has 2 heterocycles. The van der Waals surface area contributed by atoms with E-state index in [2.05, 4.69) is 40.6 Å². The number of aromatic amines is 1. The number of H-pyrrole nitrogens is 1. The lowest BCUT2D eigenvalue weighted by atomic mass is 9.88. The van der Waals surface area contributed by atoms with E-state index in [0.29, 0.717) is 5.92 Å². The fourth-order valence-electron chi connectivity index (χ4n) is 4.49. The van der Waals surface area contributed by atoms with Gasteiger partial charge in [0.15, 0.2) is 0 Å². The largest absolute Gasteiger partial charge is 0.361 e. The van der Waals surface area contributed by atoms with Gasteiger partial charge in [0, 0.05) is 28.7 Å². The fraction of sp³-hybridized carbons (Fsp3) is 0.571. The Morgan fingerprint density at radius 1 is 1.12 bits per heavy atom. The maximum atomic E-state index is 12.5. The van der Waals surface area contributed by atoms with E-state index in [4.69, 9.17) is 0 Å². The van der Waals surface area contributed by atoms with Crippen molar-refractivity contribution in [2.24, 2.45) is 5.92 Å². The Morgan fingerprint density at radius 2 is 1.88 bits per heavy atom. The highest BCUT2D eigenvalue weighted by atomic mass is 16.1. The van der Waals surface area contributed by atoms with Gasteiger partial charge in [0.1, 0.15) is 0 Å². The van der Waals surface area contributed by atoms with Crippen LogP contribution in [0.4, 0.5) is 5.69 Å². The molecule has 2 fully saturated rings. The molecular weight excluding hydrogens is 310 g/mol. The summed E-state index contributed by atoms with van der Waals surface area (Å²) in [4.78, 5) is 18.4. The minimum Gasteiger partial charge on any atom is -0.361 e. The number of hydrogen-bond acceptors (Lipinski definition) is 2. The van der Waals surface area contributed by atoms with Crippen molar-refractivity contribution in [2.45, 2.75) is 50.9 Å². The highest BCUT2D eigenvalue weighted by Crippen LogP contribution is 2.34. The molecule has 134 valence electrons. The first-order valence-corrected chi connectivity index (χ1v) is 9.81. The van der Waals surface area contributed by atoms with Crippen LogP contribution in [0.5, 0.6) is 0 Å². The zero-order valence-corrected chi connectivity index (χ0v) is 15.2. The topological polar surface area (TPSA) is 48.1 Å². The summed E-state index contributed by atoms with van der Waals surface area (Å²) in [7, 11) is 2.20. The third kappa shape index (κ3) is 3.59. The van der Waals surface area contributed by atoms with Crippen LogP contribution in [0.15, 0.2) is 24.4 Å². The van der Waals surface area contributed by atoms with Crippen molar-refractivity contribution >= 4 is 22.5 Å². The standard InChI is InChI=1S/C21H29N3O/c1-24-11-9-15(10-12-24)19-14-22-20-8-7-17(13-18(19)20)23-21(25)16-5-3-2-4-6-16/h7-8,13-16,22H,2-6,9-12H2,1H3,(H,23,25). The van der Waals surface area contributed by atoms with Crippen LogP contribution in [0, 0.1) is 5.92 Å². The first kappa shape index (κ1) is 16.6. The number of carbonyl (C=O) groups is 1. The van der Waals surface area contributed by atoms with Crippen molar-refractivity contribution in [3.05, 3.63) is 30.0 Å². The molecule has 2 N–H and O–H groups in total. The highest BCUT2D eigenvalue weighted by molar-refractivity contribution is 5.96. The quantitative estimate of drug-likeness (QED) is 0.865. The van der Waals surface area contributed by atoms with Crippen LogP contribution in [0.2, 0.25) is 0 Å². The smallest absolute Gasteiger partial charge is 0.227 e. The number of nitrogens with zero attached hydrogens (tertiary/aromatic N) is 1. The number of nitrogens with one attached hydrogen (secondary N) is 2. The molecule has 25 heavy (non-hydrogen) atoms. The van der Waals surface area contributed by atoms with Crippen LogP contribution in [-0.4, -0.2) is 35.9 Å². The summed E-state index contributed by atoms with van der Waals surface area (Å²) in [6.45, 7) is 2.32. The zero-order chi connectivity index (χ0) is 17.2. The van der Waals surface area contributed by atoms with Gasteiger partial charge >= 0.3 is 0 Å². The first-order chi connectivity index (χ1) is 12.2. The molecule has 2 aliphatic rings. The average molecular weight is 339 g/mol. The molecule has 1 aromatic heterocycles. The second kappa shape index (κ2) is 7.20. The van der Waals surface area contributed by atoms with Crippen LogP contribution in [0.1, 0.15) is 56.4 Å².